The molecule has 220 valence electrons. The van der Waals surface area contributed by atoms with E-state index in [2.05, 4.69) is 121 Å². The Hall–Kier alpha value is -6.26. The zero-order valence-corrected chi connectivity index (χ0v) is 25.3. The highest BCUT2D eigenvalue weighted by molar-refractivity contribution is 6.27. The molecule has 1 aliphatic heterocycles. The second-order valence-electron chi connectivity index (χ2n) is 12.2. The second-order valence-corrected chi connectivity index (χ2v) is 12.2. The average molecular weight is 602 g/mol. The molecule has 1 atom stereocenters. The van der Waals surface area contributed by atoms with Gasteiger partial charge in [0.25, 0.3) is 0 Å². The second kappa shape index (κ2) is 10.1. The smallest absolute Gasteiger partial charge is 0.159 e. The van der Waals surface area contributed by atoms with Crippen molar-refractivity contribution in [3.05, 3.63) is 168 Å². The largest absolute Gasteiger partial charge is 0.455 e. The maximum absolute atomic E-state index is 6.78. The zero-order valence-electron chi connectivity index (χ0n) is 25.3. The number of nitrogens with one attached hydrogen (secondary N) is 1. The topological polar surface area (TPSA) is 49.9 Å². The summed E-state index contributed by atoms with van der Waals surface area (Å²) < 4.78 is 6.78. The van der Waals surface area contributed by atoms with Gasteiger partial charge in [0.15, 0.2) is 5.84 Å². The van der Waals surface area contributed by atoms with E-state index in [1.807, 2.05) is 36.4 Å². The van der Waals surface area contributed by atoms with Crippen molar-refractivity contribution in [1.82, 2.24) is 5.32 Å². The predicted molar refractivity (Wildman–Crippen MR) is 193 cm³/mol. The normalized spacial score (nSPS) is 15.0. The summed E-state index contributed by atoms with van der Waals surface area (Å²) in [5.74, 6) is 1.50. The van der Waals surface area contributed by atoms with Crippen LogP contribution in [0.3, 0.4) is 0 Å². The molecule has 4 heteroatoms. The number of fused-ring (bicyclic) bond motifs is 2. The fourth-order valence-corrected chi connectivity index (χ4v) is 7.34. The van der Waals surface area contributed by atoms with E-state index in [1.165, 1.54) is 38.4 Å². The number of furan rings is 1. The third kappa shape index (κ3) is 4.01. The van der Waals surface area contributed by atoms with Gasteiger partial charge >= 0.3 is 0 Å². The number of nitrogens with zero attached hydrogens (tertiary/aromatic N) is 2. The lowest BCUT2D eigenvalue weighted by molar-refractivity contribution is 0.670. The van der Waals surface area contributed by atoms with Gasteiger partial charge in [0.1, 0.15) is 23.2 Å². The molecule has 7 aromatic carbocycles. The number of benzene rings is 7. The van der Waals surface area contributed by atoms with Crippen LogP contribution in [0.25, 0.3) is 66.1 Å². The van der Waals surface area contributed by atoms with Crippen LogP contribution in [0, 0.1) is 0 Å². The number of hydrogen-bond donors (Lipinski definition) is 1. The Balaban J connectivity index is 1.15. The van der Waals surface area contributed by atoms with Gasteiger partial charge in [-0.3, -0.25) is 0 Å². The minimum atomic E-state index is -0.256. The van der Waals surface area contributed by atoms with Crippen LogP contribution in [0.1, 0.15) is 22.9 Å². The van der Waals surface area contributed by atoms with Crippen molar-refractivity contribution in [3.63, 3.8) is 0 Å². The molecule has 1 aliphatic carbocycles. The Labute approximate surface area is 271 Å². The molecule has 0 amide bonds. The summed E-state index contributed by atoms with van der Waals surface area (Å²) in [5.41, 5.74) is 11.9. The van der Waals surface area contributed by atoms with Crippen molar-refractivity contribution in [2.24, 2.45) is 9.98 Å². The SMILES string of the molecule is c1ccc(C2=NC(c3ccccc3)NC(c3cccc(-c4ccc5c6c4oc4cccc(c46)-c4cccc6cccc-5c46)c3)=N2)cc1. The summed E-state index contributed by atoms with van der Waals surface area (Å²) in [7, 11) is 0. The molecular weight excluding hydrogens is 574 g/mol. The molecular formula is C43H27N3O. The van der Waals surface area contributed by atoms with Crippen molar-refractivity contribution in [3.8, 4) is 33.4 Å². The van der Waals surface area contributed by atoms with Gasteiger partial charge in [-0.25, -0.2) is 9.98 Å². The number of hydrogen-bond acceptors (Lipinski definition) is 4. The standard InChI is InChI=1S/C43H27N3O/c1-3-11-27(12-4-1)41-44-42(28-13-5-2-6-14-28)46-43(45-41)30-18-7-17-29(25-30)31-23-24-35-33-20-9-16-26-15-8-19-32(37(26)33)34-21-10-22-36-38(34)39(35)40(31)47-36/h1-25,41H,(H,44,45,46). The van der Waals surface area contributed by atoms with Crippen LogP contribution in [0.5, 0.6) is 0 Å². The van der Waals surface area contributed by atoms with Crippen molar-refractivity contribution in [1.29, 1.82) is 0 Å². The highest BCUT2D eigenvalue weighted by Crippen LogP contribution is 2.50. The molecule has 10 rings (SSSR count). The number of amidine groups is 2. The van der Waals surface area contributed by atoms with Crippen LogP contribution in [0.2, 0.25) is 0 Å². The third-order valence-electron chi connectivity index (χ3n) is 9.47. The first-order valence-corrected chi connectivity index (χ1v) is 16.0. The summed E-state index contributed by atoms with van der Waals surface area (Å²) in [6.07, 6.45) is -0.256. The summed E-state index contributed by atoms with van der Waals surface area (Å²) in [5, 5.41) is 8.49. The molecule has 0 saturated carbocycles. The van der Waals surface area contributed by atoms with Gasteiger partial charge in [-0.1, -0.05) is 133 Å². The van der Waals surface area contributed by atoms with E-state index in [0.29, 0.717) is 5.84 Å². The quantitative estimate of drug-likeness (QED) is 0.218. The molecule has 2 aliphatic rings. The lowest BCUT2D eigenvalue weighted by Gasteiger charge is -2.24. The lowest BCUT2D eigenvalue weighted by atomic mass is 9.92. The van der Waals surface area contributed by atoms with Crippen LogP contribution in [-0.2, 0) is 0 Å². The molecule has 4 nitrogen and oxygen atoms in total. The van der Waals surface area contributed by atoms with Crippen LogP contribution in [0.4, 0.5) is 0 Å². The molecule has 0 radical (unpaired) electrons. The van der Waals surface area contributed by atoms with Gasteiger partial charge in [0, 0.05) is 27.5 Å². The molecule has 0 fully saturated rings. The first-order valence-electron chi connectivity index (χ1n) is 16.0. The average Bonchev–Trinajstić information content (AvgIpc) is 3.49. The van der Waals surface area contributed by atoms with Crippen LogP contribution < -0.4 is 5.32 Å². The molecule has 8 aromatic rings. The van der Waals surface area contributed by atoms with E-state index >= 15 is 0 Å². The first-order chi connectivity index (χ1) is 23.3. The molecule has 0 saturated heterocycles. The Bertz CT molecular complexity index is 2590. The number of aliphatic imine (C=N–C) groups is 2. The molecule has 2 heterocycles. The van der Waals surface area contributed by atoms with Gasteiger partial charge in [0.2, 0.25) is 0 Å². The van der Waals surface area contributed by atoms with Gasteiger partial charge < -0.3 is 9.73 Å². The molecule has 1 aromatic heterocycles. The number of rotatable bonds is 4. The van der Waals surface area contributed by atoms with E-state index in [-0.39, 0.29) is 6.17 Å². The molecule has 0 bridgehead atoms. The van der Waals surface area contributed by atoms with Crippen molar-refractivity contribution < 1.29 is 4.42 Å². The van der Waals surface area contributed by atoms with Crippen LogP contribution in [-0.4, -0.2) is 11.7 Å². The van der Waals surface area contributed by atoms with E-state index in [9.17, 15) is 0 Å². The fraction of sp³-hybridized carbons (Fsp3) is 0.0233. The highest BCUT2D eigenvalue weighted by Gasteiger charge is 2.26. The van der Waals surface area contributed by atoms with E-state index in [1.54, 1.807) is 0 Å². The first kappa shape index (κ1) is 26.0. The minimum absolute atomic E-state index is 0.256. The van der Waals surface area contributed by atoms with E-state index in [0.717, 1.165) is 50.2 Å². The van der Waals surface area contributed by atoms with Gasteiger partial charge in [-0.15, -0.1) is 0 Å². The third-order valence-corrected chi connectivity index (χ3v) is 9.47. The molecule has 1 N–H and O–H groups in total. The summed E-state index contributed by atoms with van der Waals surface area (Å²) >= 11 is 0. The summed E-state index contributed by atoms with van der Waals surface area (Å²) in [6.45, 7) is 0. The summed E-state index contributed by atoms with van der Waals surface area (Å²) in [4.78, 5) is 10.1. The molecule has 0 spiro atoms. The van der Waals surface area contributed by atoms with Crippen LogP contribution >= 0.6 is 0 Å². The van der Waals surface area contributed by atoms with E-state index < -0.39 is 0 Å². The Morgan fingerprint density at radius 3 is 1.89 bits per heavy atom. The van der Waals surface area contributed by atoms with Crippen LogP contribution in [0.15, 0.2) is 166 Å². The predicted octanol–water partition coefficient (Wildman–Crippen LogP) is 10.5. The Morgan fingerprint density at radius 2 is 1.11 bits per heavy atom. The maximum Gasteiger partial charge on any atom is 0.159 e. The fourth-order valence-electron chi connectivity index (χ4n) is 7.34. The van der Waals surface area contributed by atoms with Gasteiger partial charge in [-0.05, 0) is 62.4 Å². The van der Waals surface area contributed by atoms with Crippen molar-refractivity contribution in [2.75, 3.05) is 0 Å². The Kier molecular flexibility index (Phi) is 5.60. The van der Waals surface area contributed by atoms with Crippen molar-refractivity contribution in [2.45, 2.75) is 6.17 Å². The zero-order chi connectivity index (χ0) is 30.9. The van der Waals surface area contributed by atoms with Gasteiger partial charge in [0.05, 0.1) is 0 Å². The molecule has 1 unspecified atom stereocenters. The minimum Gasteiger partial charge on any atom is -0.455 e. The highest BCUT2D eigenvalue weighted by atomic mass is 16.3. The lowest BCUT2D eigenvalue weighted by Crippen LogP contribution is -2.33. The van der Waals surface area contributed by atoms with Gasteiger partial charge in [-0.2, -0.15) is 0 Å². The Morgan fingerprint density at radius 1 is 0.489 bits per heavy atom. The monoisotopic (exact) mass is 601 g/mol. The summed E-state index contributed by atoms with van der Waals surface area (Å²) in [6, 6.07) is 53.2. The van der Waals surface area contributed by atoms with Crippen molar-refractivity contribution >= 4 is 44.4 Å². The maximum atomic E-state index is 6.78. The van der Waals surface area contributed by atoms with E-state index in [4.69, 9.17) is 14.4 Å². The molecule has 47 heavy (non-hydrogen) atoms.